The summed E-state index contributed by atoms with van der Waals surface area (Å²) in [6.45, 7) is 2.07. The fraction of sp³-hybridized carbons (Fsp3) is 0.273. The first-order valence-electron chi connectivity index (χ1n) is 5.54. The highest BCUT2D eigenvalue weighted by atomic mass is 32.1. The Morgan fingerprint density at radius 3 is 2.78 bits per heavy atom. The zero-order chi connectivity index (χ0) is 12.5. The van der Waals surface area contributed by atoms with Gasteiger partial charge in [0, 0.05) is 31.0 Å². The van der Waals surface area contributed by atoms with E-state index in [1.165, 1.54) is 0 Å². The van der Waals surface area contributed by atoms with Crippen LogP contribution in [-0.2, 0) is 7.05 Å². The van der Waals surface area contributed by atoms with Gasteiger partial charge in [-0.1, -0.05) is 0 Å². The summed E-state index contributed by atoms with van der Waals surface area (Å²) in [6.07, 6.45) is 7.07. The van der Waals surface area contributed by atoms with Gasteiger partial charge < -0.3 is 4.57 Å². The molecule has 0 N–H and O–H groups in total. The summed E-state index contributed by atoms with van der Waals surface area (Å²) in [5.74, 6) is 1.76. The highest BCUT2D eigenvalue weighted by Crippen LogP contribution is 2.25. The fourth-order valence-electron chi connectivity index (χ4n) is 1.93. The molecule has 0 aliphatic carbocycles. The number of aryl methyl sites for hydroxylation is 1. The lowest BCUT2D eigenvalue weighted by molar-refractivity contribution is 0.560. The summed E-state index contributed by atoms with van der Waals surface area (Å²) in [5.41, 5.74) is 0. The highest BCUT2D eigenvalue weighted by Gasteiger charge is 2.18. The molecule has 1 atom stereocenters. The van der Waals surface area contributed by atoms with E-state index in [1.807, 2.05) is 18.6 Å². The monoisotopic (exact) mass is 260 g/mol. The number of aromatic nitrogens is 6. The molecule has 7 heteroatoms. The van der Waals surface area contributed by atoms with E-state index in [2.05, 4.69) is 31.5 Å². The van der Waals surface area contributed by atoms with Crippen molar-refractivity contribution in [2.45, 2.75) is 13.0 Å². The molecule has 0 aliphatic heterocycles. The van der Waals surface area contributed by atoms with Crippen molar-refractivity contribution in [1.29, 1.82) is 0 Å². The average molecular weight is 260 g/mol. The molecule has 0 bridgehead atoms. The Hall–Kier alpha value is -2.02. The Bertz CT molecular complexity index is 638. The fourth-order valence-corrected chi connectivity index (χ4v) is 2.57. The van der Waals surface area contributed by atoms with E-state index in [0.29, 0.717) is 0 Å². The summed E-state index contributed by atoms with van der Waals surface area (Å²) >= 11 is 1.58. The second-order valence-electron chi connectivity index (χ2n) is 3.91. The van der Waals surface area contributed by atoms with E-state index >= 15 is 0 Å². The number of rotatable bonds is 3. The van der Waals surface area contributed by atoms with Gasteiger partial charge in [-0.3, -0.25) is 4.68 Å². The molecular weight excluding hydrogens is 248 g/mol. The van der Waals surface area contributed by atoms with Gasteiger partial charge in [0.05, 0.1) is 6.04 Å². The van der Waals surface area contributed by atoms with Crippen LogP contribution >= 0.6 is 11.3 Å². The van der Waals surface area contributed by atoms with E-state index in [1.54, 1.807) is 34.7 Å². The van der Waals surface area contributed by atoms with Crippen molar-refractivity contribution in [2.24, 2.45) is 7.05 Å². The van der Waals surface area contributed by atoms with Gasteiger partial charge in [0.2, 0.25) is 0 Å². The zero-order valence-corrected chi connectivity index (χ0v) is 10.9. The minimum Gasteiger partial charge on any atom is -0.319 e. The molecule has 3 rings (SSSR count). The second-order valence-corrected chi connectivity index (χ2v) is 4.81. The van der Waals surface area contributed by atoms with Gasteiger partial charge in [-0.25, -0.2) is 15.0 Å². The van der Waals surface area contributed by atoms with Crippen LogP contribution in [0.3, 0.4) is 0 Å². The Balaban J connectivity index is 2.04. The van der Waals surface area contributed by atoms with Gasteiger partial charge in [0.25, 0.3) is 0 Å². The van der Waals surface area contributed by atoms with Gasteiger partial charge in [-0.2, -0.15) is 5.10 Å². The third kappa shape index (κ3) is 1.72. The van der Waals surface area contributed by atoms with Crippen LogP contribution in [-0.4, -0.2) is 29.3 Å². The highest BCUT2D eigenvalue weighted by molar-refractivity contribution is 7.13. The van der Waals surface area contributed by atoms with E-state index < -0.39 is 0 Å². The van der Waals surface area contributed by atoms with Gasteiger partial charge in [-0.15, -0.1) is 11.3 Å². The smallest absolute Gasteiger partial charge is 0.169 e. The van der Waals surface area contributed by atoms with Crippen LogP contribution in [0.1, 0.15) is 18.8 Å². The molecule has 1 unspecified atom stereocenters. The molecular formula is C11H12N6S. The van der Waals surface area contributed by atoms with Crippen molar-refractivity contribution in [3.8, 4) is 10.8 Å². The molecule has 0 aliphatic rings. The lowest BCUT2D eigenvalue weighted by Crippen LogP contribution is -2.13. The number of hydrogen-bond donors (Lipinski definition) is 0. The molecule has 0 amide bonds. The van der Waals surface area contributed by atoms with Crippen LogP contribution < -0.4 is 0 Å². The van der Waals surface area contributed by atoms with Crippen LogP contribution in [0.25, 0.3) is 10.8 Å². The van der Waals surface area contributed by atoms with Crippen molar-refractivity contribution in [1.82, 2.24) is 29.3 Å². The normalized spacial score (nSPS) is 12.8. The minimum absolute atomic E-state index is 0.0684. The molecule has 0 saturated carbocycles. The summed E-state index contributed by atoms with van der Waals surface area (Å²) in [5, 5.41) is 6.96. The van der Waals surface area contributed by atoms with Crippen LogP contribution in [0, 0.1) is 0 Å². The number of imidazole rings is 1. The van der Waals surface area contributed by atoms with E-state index in [4.69, 9.17) is 0 Å². The lowest BCUT2D eigenvalue weighted by atomic mass is 10.3. The topological polar surface area (TPSA) is 61.4 Å². The van der Waals surface area contributed by atoms with Crippen LogP contribution in [0.5, 0.6) is 0 Å². The van der Waals surface area contributed by atoms with Crippen molar-refractivity contribution in [3.05, 3.63) is 36.1 Å². The van der Waals surface area contributed by atoms with Gasteiger partial charge >= 0.3 is 0 Å². The molecule has 3 aromatic rings. The van der Waals surface area contributed by atoms with Gasteiger partial charge in [0.15, 0.2) is 10.8 Å². The summed E-state index contributed by atoms with van der Waals surface area (Å²) < 4.78 is 3.83. The first kappa shape index (κ1) is 11.1. The van der Waals surface area contributed by atoms with Crippen LogP contribution in [0.2, 0.25) is 0 Å². The first-order chi connectivity index (χ1) is 8.77. The summed E-state index contributed by atoms with van der Waals surface area (Å²) in [4.78, 5) is 13.0. The Morgan fingerprint density at radius 2 is 2.11 bits per heavy atom. The Kier molecular flexibility index (Phi) is 2.67. The molecule has 0 radical (unpaired) electrons. The standard InChI is InChI=1S/C11H12N6S/c1-8(9-14-7-15-16(9)2)17-5-3-12-10(17)11-13-4-6-18-11/h3-8H,1-2H3. The maximum absolute atomic E-state index is 4.37. The van der Waals surface area contributed by atoms with E-state index in [0.717, 1.165) is 16.7 Å². The maximum atomic E-state index is 4.37. The maximum Gasteiger partial charge on any atom is 0.169 e. The van der Waals surface area contributed by atoms with Crippen molar-refractivity contribution in [2.75, 3.05) is 0 Å². The van der Waals surface area contributed by atoms with E-state index in [-0.39, 0.29) is 6.04 Å². The predicted molar refractivity (Wildman–Crippen MR) is 68.2 cm³/mol. The van der Waals surface area contributed by atoms with Crippen molar-refractivity contribution in [3.63, 3.8) is 0 Å². The molecule has 0 saturated heterocycles. The molecule has 0 fully saturated rings. The molecule has 92 valence electrons. The Labute approximate surface area is 108 Å². The lowest BCUT2D eigenvalue weighted by Gasteiger charge is -2.14. The molecule has 3 aromatic heterocycles. The second kappa shape index (κ2) is 4.34. The van der Waals surface area contributed by atoms with Gasteiger partial charge in [-0.05, 0) is 6.92 Å². The Morgan fingerprint density at radius 1 is 1.22 bits per heavy atom. The third-order valence-corrected chi connectivity index (χ3v) is 3.60. The number of thiazole rings is 1. The molecule has 0 spiro atoms. The average Bonchev–Trinajstić information content (AvgIpc) is 3.09. The minimum atomic E-state index is 0.0684. The zero-order valence-electron chi connectivity index (χ0n) is 10.1. The summed E-state index contributed by atoms with van der Waals surface area (Å²) in [7, 11) is 1.89. The largest absolute Gasteiger partial charge is 0.319 e. The number of hydrogen-bond acceptors (Lipinski definition) is 5. The van der Waals surface area contributed by atoms with E-state index in [9.17, 15) is 0 Å². The molecule has 6 nitrogen and oxygen atoms in total. The van der Waals surface area contributed by atoms with Crippen LogP contribution in [0.4, 0.5) is 0 Å². The third-order valence-electron chi connectivity index (χ3n) is 2.83. The van der Waals surface area contributed by atoms with Crippen LogP contribution in [0.15, 0.2) is 30.3 Å². The predicted octanol–water partition coefficient (Wildman–Crippen LogP) is 1.74. The summed E-state index contributed by atoms with van der Waals surface area (Å²) in [6, 6.07) is 0.0684. The SMILES string of the molecule is CC(c1ncnn1C)n1ccnc1-c1nccs1. The quantitative estimate of drug-likeness (QED) is 0.719. The molecule has 18 heavy (non-hydrogen) atoms. The van der Waals surface area contributed by atoms with Crippen molar-refractivity contribution < 1.29 is 0 Å². The molecule has 0 aromatic carbocycles. The first-order valence-corrected chi connectivity index (χ1v) is 6.42. The number of nitrogens with zero attached hydrogens (tertiary/aromatic N) is 6. The molecule has 3 heterocycles. The van der Waals surface area contributed by atoms with Crippen molar-refractivity contribution >= 4 is 11.3 Å². The van der Waals surface area contributed by atoms with Gasteiger partial charge in [0.1, 0.15) is 12.2 Å².